The van der Waals surface area contributed by atoms with Crippen molar-refractivity contribution in [2.45, 2.75) is 26.8 Å². The normalized spacial score (nSPS) is 11.0. The summed E-state index contributed by atoms with van der Waals surface area (Å²) in [7, 11) is 0. The van der Waals surface area contributed by atoms with Gasteiger partial charge in [0.05, 0.1) is 16.8 Å². The van der Waals surface area contributed by atoms with Gasteiger partial charge in [-0.25, -0.2) is 9.37 Å². The van der Waals surface area contributed by atoms with Gasteiger partial charge in [-0.2, -0.15) is 0 Å². The zero-order chi connectivity index (χ0) is 21.3. The molecule has 2 heterocycles. The van der Waals surface area contributed by atoms with Gasteiger partial charge in [-0.1, -0.05) is 37.3 Å². The van der Waals surface area contributed by atoms with Crippen LogP contribution in [0.15, 0.2) is 59.4 Å². The van der Waals surface area contributed by atoms with Crippen LogP contribution in [-0.2, 0) is 13.0 Å². The number of benzene rings is 2. The maximum absolute atomic E-state index is 13.6. The van der Waals surface area contributed by atoms with E-state index >= 15 is 0 Å². The third kappa shape index (κ3) is 3.76. The molecule has 2 aromatic carbocycles. The molecule has 0 spiro atoms. The molecule has 0 aliphatic heterocycles. The number of nitrogens with one attached hydrogen (secondary N) is 1. The van der Waals surface area contributed by atoms with E-state index in [0.717, 1.165) is 0 Å². The molecular formula is C23H20FN3O2S. The number of rotatable bonds is 5. The molecule has 4 rings (SSSR count). The van der Waals surface area contributed by atoms with E-state index in [1.54, 1.807) is 35.8 Å². The van der Waals surface area contributed by atoms with Gasteiger partial charge in [0.25, 0.3) is 11.5 Å². The van der Waals surface area contributed by atoms with Crippen molar-refractivity contribution in [2.24, 2.45) is 0 Å². The fourth-order valence-corrected chi connectivity index (χ4v) is 4.52. The number of carbonyl (C=O) groups is 1. The molecule has 0 aliphatic rings. The summed E-state index contributed by atoms with van der Waals surface area (Å²) in [6.07, 6.45) is 0.545. The number of aromatic nitrogens is 2. The van der Waals surface area contributed by atoms with Crippen molar-refractivity contribution < 1.29 is 9.18 Å². The van der Waals surface area contributed by atoms with E-state index in [-0.39, 0.29) is 23.8 Å². The summed E-state index contributed by atoms with van der Waals surface area (Å²) in [4.78, 5) is 31.8. The van der Waals surface area contributed by atoms with E-state index < -0.39 is 0 Å². The number of anilines is 1. The van der Waals surface area contributed by atoms with Crippen molar-refractivity contribution in [3.8, 4) is 0 Å². The van der Waals surface area contributed by atoms with Crippen molar-refractivity contribution in [3.05, 3.63) is 92.6 Å². The Morgan fingerprint density at radius 2 is 1.93 bits per heavy atom. The molecule has 2 aromatic heterocycles. The van der Waals surface area contributed by atoms with Gasteiger partial charge in [0.2, 0.25) is 0 Å². The molecule has 0 saturated heterocycles. The number of amides is 1. The minimum Gasteiger partial charge on any atom is -0.321 e. The first-order valence-electron chi connectivity index (χ1n) is 9.61. The molecule has 30 heavy (non-hydrogen) atoms. The van der Waals surface area contributed by atoms with Crippen LogP contribution in [0.4, 0.5) is 10.1 Å². The van der Waals surface area contributed by atoms with Crippen molar-refractivity contribution in [2.75, 3.05) is 5.32 Å². The Labute approximate surface area is 176 Å². The van der Waals surface area contributed by atoms with Crippen LogP contribution in [0.3, 0.4) is 0 Å². The molecule has 1 amide bonds. The second kappa shape index (κ2) is 8.20. The summed E-state index contributed by atoms with van der Waals surface area (Å²) in [6, 6.07) is 15.3. The average molecular weight is 421 g/mol. The van der Waals surface area contributed by atoms with Gasteiger partial charge in [0.15, 0.2) is 0 Å². The zero-order valence-corrected chi connectivity index (χ0v) is 17.4. The number of carbonyl (C=O) groups excluding carboxylic acids is 1. The van der Waals surface area contributed by atoms with Gasteiger partial charge in [0, 0.05) is 12.1 Å². The highest BCUT2D eigenvalue weighted by molar-refractivity contribution is 7.20. The Balaban J connectivity index is 1.78. The third-order valence-corrected chi connectivity index (χ3v) is 6.10. The fraction of sp³-hybridized carbons (Fsp3) is 0.174. The number of nitrogens with zero attached hydrogens (tertiary/aromatic N) is 2. The molecule has 0 radical (unpaired) electrons. The summed E-state index contributed by atoms with van der Waals surface area (Å²) in [5.41, 5.74) is 1.76. The van der Waals surface area contributed by atoms with Crippen LogP contribution in [0.1, 0.15) is 33.5 Å². The lowest BCUT2D eigenvalue weighted by atomic mass is 10.2. The monoisotopic (exact) mass is 421 g/mol. The number of thiophene rings is 1. The Morgan fingerprint density at radius 1 is 1.17 bits per heavy atom. The molecule has 0 atom stereocenters. The summed E-state index contributed by atoms with van der Waals surface area (Å²) in [5.74, 6) is -0.0110. The second-order valence-electron chi connectivity index (χ2n) is 6.96. The molecule has 0 saturated carbocycles. The molecular weight excluding hydrogens is 401 g/mol. The van der Waals surface area contributed by atoms with Crippen molar-refractivity contribution >= 4 is 33.1 Å². The Morgan fingerprint density at radius 3 is 2.63 bits per heavy atom. The molecule has 0 unspecified atom stereocenters. The number of para-hydroxylation sites is 1. The number of fused-ring (bicyclic) bond motifs is 1. The van der Waals surface area contributed by atoms with E-state index in [1.165, 1.54) is 23.5 Å². The first-order chi connectivity index (χ1) is 14.5. The summed E-state index contributed by atoms with van der Waals surface area (Å²) in [5, 5.41) is 3.30. The first-order valence-corrected chi connectivity index (χ1v) is 10.4. The van der Waals surface area contributed by atoms with Crippen LogP contribution in [0.5, 0.6) is 0 Å². The van der Waals surface area contributed by atoms with Gasteiger partial charge in [-0.15, -0.1) is 11.3 Å². The highest BCUT2D eigenvalue weighted by Crippen LogP contribution is 2.28. The van der Waals surface area contributed by atoms with Gasteiger partial charge >= 0.3 is 0 Å². The van der Waals surface area contributed by atoms with E-state index in [1.807, 2.05) is 25.1 Å². The molecule has 7 heteroatoms. The largest absolute Gasteiger partial charge is 0.321 e. The van der Waals surface area contributed by atoms with E-state index in [4.69, 9.17) is 0 Å². The number of halogens is 1. The van der Waals surface area contributed by atoms with Gasteiger partial charge in [0.1, 0.15) is 16.5 Å². The molecule has 0 aliphatic carbocycles. The van der Waals surface area contributed by atoms with E-state index in [9.17, 15) is 14.0 Å². The first kappa shape index (κ1) is 20.0. The Hall–Kier alpha value is -3.32. The average Bonchev–Trinajstić information content (AvgIpc) is 3.07. The van der Waals surface area contributed by atoms with Crippen LogP contribution in [0.2, 0.25) is 0 Å². The van der Waals surface area contributed by atoms with Crippen molar-refractivity contribution in [1.82, 2.24) is 9.55 Å². The lowest BCUT2D eigenvalue weighted by molar-refractivity contribution is 0.103. The Kier molecular flexibility index (Phi) is 5.46. The van der Waals surface area contributed by atoms with Crippen LogP contribution < -0.4 is 10.9 Å². The molecule has 1 N–H and O–H groups in total. The minimum absolute atomic E-state index is 0.214. The topological polar surface area (TPSA) is 64.0 Å². The predicted octanol–water partition coefficient (Wildman–Crippen LogP) is 4.77. The maximum atomic E-state index is 13.6. The fourth-order valence-electron chi connectivity index (χ4n) is 3.44. The third-order valence-electron chi connectivity index (χ3n) is 4.91. The number of hydrogen-bond acceptors (Lipinski definition) is 4. The summed E-state index contributed by atoms with van der Waals surface area (Å²) >= 11 is 1.22. The van der Waals surface area contributed by atoms with Crippen LogP contribution >= 0.6 is 11.3 Å². The maximum Gasteiger partial charge on any atom is 0.266 e. The smallest absolute Gasteiger partial charge is 0.266 e. The van der Waals surface area contributed by atoms with Crippen LogP contribution in [-0.4, -0.2) is 15.5 Å². The number of hydrogen-bond donors (Lipinski definition) is 1. The SMILES string of the molecule is CCc1nc2sc(C(=O)Nc3ccccc3)c(C)c2c(=O)n1Cc1cccc(F)c1. The van der Waals surface area contributed by atoms with Gasteiger partial charge < -0.3 is 5.32 Å². The van der Waals surface area contributed by atoms with E-state index in [2.05, 4.69) is 10.3 Å². The van der Waals surface area contributed by atoms with E-state index in [0.29, 0.717) is 44.2 Å². The highest BCUT2D eigenvalue weighted by atomic mass is 32.1. The lowest BCUT2D eigenvalue weighted by Gasteiger charge is -2.11. The molecule has 4 aromatic rings. The lowest BCUT2D eigenvalue weighted by Crippen LogP contribution is -2.25. The molecule has 5 nitrogen and oxygen atoms in total. The standard InChI is InChI=1S/C23H20FN3O2S/c1-3-18-26-22-19(23(29)27(18)13-15-8-7-9-16(24)12-15)14(2)20(30-22)21(28)25-17-10-5-4-6-11-17/h4-12H,3,13H2,1-2H3,(H,25,28). The quantitative estimate of drug-likeness (QED) is 0.505. The molecule has 152 valence electrons. The van der Waals surface area contributed by atoms with Gasteiger partial charge in [-0.05, 0) is 42.3 Å². The van der Waals surface area contributed by atoms with Crippen molar-refractivity contribution in [3.63, 3.8) is 0 Å². The molecule has 0 bridgehead atoms. The van der Waals surface area contributed by atoms with Crippen molar-refractivity contribution in [1.29, 1.82) is 0 Å². The number of aryl methyl sites for hydroxylation is 2. The molecule has 0 fully saturated rings. The highest BCUT2D eigenvalue weighted by Gasteiger charge is 2.21. The second-order valence-corrected chi connectivity index (χ2v) is 7.96. The summed E-state index contributed by atoms with van der Waals surface area (Å²) < 4.78 is 15.2. The minimum atomic E-state index is -0.348. The van der Waals surface area contributed by atoms with Gasteiger partial charge in [-0.3, -0.25) is 14.2 Å². The van der Waals surface area contributed by atoms with Crippen LogP contribution in [0.25, 0.3) is 10.2 Å². The predicted molar refractivity (Wildman–Crippen MR) is 118 cm³/mol. The van der Waals surface area contributed by atoms with Crippen LogP contribution in [0, 0.1) is 12.7 Å². The zero-order valence-electron chi connectivity index (χ0n) is 16.6. The summed E-state index contributed by atoms with van der Waals surface area (Å²) in [6.45, 7) is 3.91. The Bertz CT molecular complexity index is 1300.